The number of carbonyl (C=O) groups excluding carboxylic acids is 6. The smallest absolute Gasteiger partial charge is 0.326 e. The Morgan fingerprint density at radius 2 is 1.41 bits per heavy atom. The van der Waals surface area contributed by atoms with E-state index in [1.165, 1.54) is 30.7 Å². The molecule has 1 aliphatic rings. The number of likely N-dealkylation sites (tertiary alicyclic amines) is 1. The fraction of sp³-hybridized carbons (Fsp3) is 0.763. The standard InChI is InChI=1S/C38H67N7O9/c1-12-22(7)19-27(33(48)40-24(9)36(51)45-17-15-14-16-28(45)38(53)54)42-34(49)26(18-20(3)4)41-32(47)25(10)44(11)37(52)30(23(8)13-2)43-35(50)29(39)31(46)21(5)6/h12,20-31,46H,1,13-19,39H2,2-11H3,(H,40,48)(H,41,47)(H,42,49)(H,43,50)(H,53,54)/t22-,23-,24-,25-,26-,27-,28?,29?,30?,31+/m0/s1. The molecule has 10 atom stereocenters. The van der Waals surface area contributed by atoms with Gasteiger partial charge in [-0.25, -0.2) is 4.79 Å². The number of nitrogens with one attached hydrogen (secondary N) is 4. The van der Waals surface area contributed by atoms with Gasteiger partial charge in [0, 0.05) is 13.6 Å². The molecule has 1 saturated heterocycles. The number of likely N-dealkylation sites (N-methyl/N-ethyl adjacent to an activating group) is 1. The summed E-state index contributed by atoms with van der Waals surface area (Å²) in [6.07, 6.45) is 2.94. The van der Waals surface area contributed by atoms with E-state index in [4.69, 9.17) is 5.73 Å². The highest BCUT2D eigenvalue weighted by atomic mass is 16.4. The molecule has 308 valence electrons. The summed E-state index contributed by atoms with van der Waals surface area (Å²) in [4.78, 5) is 95.2. The number of carbonyl (C=O) groups is 7. The summed E-state index contributed by atoms with van der Waals surface area (Å²) in [7, 11) is 1.41. The first-order chi connectivity index (χ1) is 25.1. The second kappa shape index (κ2) is 22.4. The number of aliphatic hydroxyl groups excluding tert-OH is 1. The highest BCUT2D eigenvalue weighted by Crippen LogP contribution is 2.19. The van der Waals surface area contributed by atoms with Gasteiger partial charge in [-0.3, -0.25) is 28.8 Å². The van der Waals surface area contributed by atoms with Gasteiger partial charge >= 0.3 is 5.97 Å². The maximum atomic E-state index is 13.8. The van der Waals surface area contributed by atoms with Gasteiger partial charge in [0.05, 0.1) is 6.10 Å². The van der Waals surface area contributed by atoms with Gasteiger partial charge in [-0.05, 0) is 69.6 Å². The first-order valence-electron chi connectivity index (χ1n) is 19.2. The van der Waals surface area contributed by atoms with Crippen LogP contribution in [0, 0.1) is 23.7 Å². The van der Waals surface area contributed by atoms with Gasteiger partial charge in [-0.15, -0.1) is 6.58 Å². The Kier molecular flexibility index (Phi) is 19.9. The molecule has 0 aromatic carbocycles. The molecule has 8 N–H and O–H groups in total. The van der Waals surface area contributed by atoms with E-state index >= 15 is 0 Å². The summed E-state index contributed by atoms with van der Waals surface area (Å²) < 4.78 is 0. The lowest BCUT2D eigenvalue weighted by Crippen LogP contribution is -2.61. The number of hydrogen-bond donors (Lipinski definition) is 7. The van der Waals surface area contributed by atoms with Crippen LogP contribution >= 0.6 is 0 Å². The third-order valence-corrected chi connectivity index (χ3v) is 10.2. The Balaban J connectivity index is 3.19. The lowest BCUT2D eigenvalue weighted by atomic mass is 9.95. The van der Waals surface area contributed by atoms with E-state index in [1.807, 2.05) is 20.8 Å². The SMILES string of the molecule is C=C[C@H](C)C[C@H](NC(=O)[C@H](CC(C)C)NC(=O)[C@H](C)N(C)C(=O)C(NC(=O)C(N)[C@H](O)C(C)C)[C@@H](C)CC)C(=O)N[C@@H](C)C(=O)N1CCCCC1C(=O)O. The van der Waals surface area contributed by atoms with Crippen molar-refractivity contribution in [2.45, 2.75) is 149 Å². The molecule has 1 heterocycles. The summed E-state index contributed by atoms with van der Waals surface area (Å²) >= 11 is 0. The monoisotopic (exact) mass is 766 g/mol. The molecular weight excluding hydrogens is 698 g/mol. The number of hydrogen-bond acceptors (Lipinski definition) is 9. The Hall–Kier alpha value is -4.05. The van der Waals surface area contributed by atoms with Crippen LogP contribution in [0.2, 0.25) is 0 Å². The van der Waals surface area contributed by atoms with Gasteiger partial charge in [0.2, 0.25) is 35.4 Å². The molecule has 1 fully saturated rings. The van der Waals surface area contributed by atoms with Crippen LogP contribution in [0.3, 0.4) is 0 Å². The van der Waals surface area contributed by atoms with Crippen molar-refractivity contribution in [3.05, 3.63) is 12.7 Å². The van der Waals surface area contributed by atoms with Crippen LogP contribution in [-0.4, -0.2) is 123 Å². The number of piperidine rings is 1. The van der Waals surface area contributed by atoms with Crippen molar-refractivity contribution in [3.63, 3.8) is 0 Å². The average molecular weight is 766 g/mol. The molecule has 0 aromatic heterocycles. The van der Waals surface area contributed by atoms with E-state index in [9.17, 15) is 43.8 Å². The predicted octanol–water partition coefficient (Wildman–Crippen LogP) is 0.907. The number of carboxylic acids is 1. The van der Waals surface area contributed by atoms with Crippen LogP contribution in [0.4, 0.5) is 0 Å². The van der Waals surface area contributed by atoms with Crippen molar-refractivity contribution in [3.8, 4) is 0 Å². The van der Waals surface area contributed by atoms with Crippen molar-refractivity contribution >= 4 is 41.4 Å². The van der Waals surface area contributed by atoms with Crippen molar-refractivity contribution < 1.29 is 43.8 Å². The Bertz CT molecular complexity index is 1330. The number of aliphatic carboxylic acids is 1. The molecule has 0 saturated carbocycles. The van der Waals surface area contributed by atoms with Crippen LogP contribution in [0.5, 0.6) is 0 Å². The zero-order chi connectivity index (χ0) is 41.6. The maximum absolute atomic E-state index is 13.8. The van der Waals surface area contributed by atoms with Gasteiger partial charge < -0.3 is 47.0 Å². The quantitative estimate of drug-likeness (QED) is 0.0815. The normalized spacial score (nSPS) is 19.5. The van der Waals surface area contributed by atoms with Gasteiger partial charge in [-0.1, -0.05) is 61.0 Å². The highest BCUT2D eigenvalue weighted by Gasteiger charge is 2.38. The third kappa shape index (κ3) is 14.0. The summed E-state index contributed by atoms with van der Waals surface area (Å²) in [6, 6.07) is -7.71. The van der Waals surface area contributed by atoms with Crippen molar-refractivity contribution in [2.75, 3.05) is 13.6 Å². The summed E-state index contributed by atoms with van der Waals surface area (Å²) in [6.45, 7) is 19.5. The minimum Gasteiger partial charge on any atom is -0.480 e. The molecule has 16 heteroatoms. The number of carboxylic acid groups (broad SMARTS) is 1. The molecule has 54 heavy (non-hydrogen) atoms. The molecule has 0 aromatic rings. The molecule has 6 amide bonds. The van der Waals surface area contributed by atoms with E-state index in [2.05, 4.69) is 27.8 Å². The van der Waals surface area contributed by atoms with Crippen molar-refractivity contribution in [1.29, 1.82) is 0 Å². The highest BCUT2D eigenvalue weighted by molar-refractivity contribution is 5.97. The fourth-order valence-electron chi connectivity index (χ4n) is 6.13. The van der Waals surface area contributed by atoms with Crippen LogP contribution in [0.15, 0.2) is 12.7 Å². The summed E-state index contributed by atoms with van der Waals surface area (Å²) in [5, 5.41) is 30.7. The second-order valence-corrected chi connectivity index (χ2v) is 15.6. The minimum atomic E-state index is -1.27. The summed E-state index contributed by atoms with van der Waals surface area (Å²) in [5.41, 5.74) is 5.97. The lowest BCUT2D eigenvalue weighted by Gasteiger charge is -2.35. The Labute approximate surface area is 320 Å². The minimum absolute atomic E-state index is 0.0742. The van der Waals surface area contributed by atoms with E-state index in [1.54, 1.807) is 33.8 Å². The molecule has 16 nitrogen and oxygen atoms in total. The lowest BCUT2D eigenvalue weighted by molar-refractivity contribution is -0.153. The second-order valence-electron chi connectivity index (χ2n) is 15.6. The zero-order valence-electron chi connectivity index (χ0n) is 33.9. The molecule has 0 radical (unpaired) electrons. The van der Waals surface area contributed by atoms with Crippen LogP contribution in [0.25, 0.3) is 0 Å². The van der Waals surface area contributed by atoms with Gasteiger partial charge in [0.25, 0.3) is 0 Å². The molecule has 0 spiro atoms. The van der Waals surface area contributed by atoms with Gasteiger partial charge in [0.15, 0.2) is 0 Å². The fourth-order valence-corrected chi connectivity index (χ4v) is 6.13. The van der Waals surface area contributed by atoms with E-state index in [0.717, 1.165) is 0 Å². The number of allylic oxidation sites excluding steroid dienone is 1. The van der Waals surface area contributed by atoms with Gasteiger partial charge in [0.1, 0.15) is 42.3 Å². The first-order valence-corrected chi connectivity index (χ1v) is 19.2. The van der Waals surface area contributed by atoms with Crippen molar-refractivity contribution in [2.24, 2.45) is 29.4 Å². The Morgan fingerprint density at radius 1 is 0.852 bits per heavy atom. The predicted molar refractivity (Wildman–Crippen MR) is 204 cm³/mol. The number of rotatable bonds is 21. The summed E-state index contributed by atoms with van der Waals surface area (Å²) in [5.74, 6) is -5.83. The van der Waals surface area contributed by atoms with Crippen molar-refractivity contribution in [1.82, 2.24) is 31.1 Å². The van der Waals surface area contributed by atoms with E-state index in [0.29, 0.717) is 25.7 Å². The van der Waals surface area contributed by atoms with Gasteiger partial charge in [-0.2, -0.15) is 0 Å². The number of nitrogens with two attached hydrogens (primary N) is 1. The molecule has 1 rings (SSSR count). The van der Waals surface area contributed by atoms with E-state index in [-0.39, 0.29) is 43.1 Å². The Morgan fingerprint density at radius 3 is 1.93 bits per heavy atom. The average Bonchev–Trinajstić information content (AvgIpc) is 3.13. The van der Waals surface area contributed by atoms with E-state index < -0.39 is 89.8 Å². The molecule has 1 aliphatic heterocycles. The number of nitrogens with zero attached hydrogens (tertiary/aromatic N) is 2. The zero-order valence-corrected chi connectivity index (χ0v) is 33.9. The largest absolute Gasteiger partial charge is 0.480 e. The molecule has 0 aliphatic carbocycles. The van der Waals surface area contributed by atoms with Crippen LogP contribution < -0.4 is 27.0 Å². The number of aliphatic hydroxyl groups is 1. The molecular formula is C38H67N7O9. The topological polar surface area (TPSA) is 241 Å². The molecule has 3 unspecified atom stereocenters. The van der Waals surface area contributed by atoms with Crippen LogP contribution in [-0.2, 0) is 33.6 Å². The molecule has 0 bridgehead atoms. The number of amides is 6. The maximum Gasteiger partial charge on any atom is 0.326 e. The van der Waals surface area contributed by atoms with Crippen LogP contribution in [0.1, 0.15) is 101 Å². The first kappa shape index (κ1) is 48.0. The third-order valence-electron chi connectivity index (χ3n) is 10.2.